The molecule has 0 spiro atoms. The molecule has 6 heteroatoms. The number of nitrogens with zero attached hydrogens (tertiary/aromatic N) is 1. The van der Waals surface area contributed by atoms with E-state index in [1.165, 1.54) is 4.90 Å². The minimum atomic E-state index is -1.04. The van der Waals surface area contributed by atoms with Crippen LogP contribution in [0.2, 0.25) is 0 Å². The van der Waals surface area contributed by atoms with Gasteiger partial charge in [-0.15, -0.1) is 0 Å². The normalized spacial score (nSPS) is 11.5. The van der Waals surface area contributed by atoms with E-state index in [1.54, 1.807) is 45.3 Å². The number of amides is 2. The fourth-order valence-electron chi connectivity index (χ4n) is 1.51. The van der Waals surface area contributed by atoms with Crippen molar-refractivity contribution >= 4 is 17.7 Å². The molecule has 2 N–H and O–H groups in total. The number of methoxy groups -OCH3 is 1. The molecule has 0 aromatic heterocycles. The van der Waals surface area contributed by atoms with Crippen LogP contribution < -0.4 is 15.0 Å². The number of ether oxygens (including phenoxy) is 1. The number of benzene rings is 1. The van der Waals surface area contributed by atoms with E-state index in [0.717, 1.165) is 0 Å². The van der Waals surface area contributed by atoms with Gasteiger partial charge in [0.2, 0.25) is 0 Å². The average Bonchev–Trinajstić information content (AvgIpc) is 2.43. The van der Waals surface area contributed by atoms with Crippen molar-refractivity contribution in [1.29, 1.82) is 0 Å². The van der Waals surface area contributed by atoms with Crippen molar-refractivity contribution in [2.24, 2.45) is 0 Å². The van der Waals surface area contributed by atoms with Gasteiger partial charge in [0.15, 0.2) is 0 Å². The second kappa shape index (κ2) is 6.63. The third kappa shape index (κ3) is 3.87. The SMILES string of the molecule is CC[C@H](NC(=O)N(C)c1ccc(OC)cc1)C(=O)O. The van der Waals surface area contributed by atoms with Crippen molar-refractivity contribution in [3.8, 4) is 5.75 Å². The highest BCUT2D eigenvalue weighted by atomic mass is 16.5. The average molecular weight is 266 g/mol. The quantitative estimate of drug-likeness (QED) is 0.850. The topological polar surface area (TPSA) is 78.9 Å². The number of anilines is 1. The van der Waals surface area contributed by atoms with Crippen molar-refractivity contribution in [3.05, 3.63) is 24.3 Å². The Hall–Kier alpha value is -2.24. The molecular formula is C13H18N2O4. The number of urea groups is 1. The number of carbonyl (C=O) groups excluding carboxylic acids is 1. The molecule has 0 aliphatic rings. The maximum atomic E-state index is 11.9. The highest BCUT2D eigenvalue weighted by Gasteiger charge is 2.20. The minimum absolute atomic E-state index is 0.331. The van der Waals surface area contributed by atoms with E-state index in [4.69, 9.17) is 9.84 Å². The number of hydrogen-bond donors (Lipinski definition) is 2. The Bertz CT molecular complexity index is 444. The number of aliphatic carboxylic acids is 1. The van der Waals surface area contributed by atoms with E-state index < -0.39 is 18.0 Å². The Balaban J connectivity index is 2.72. The van der Waals surface area contributed by atoms with Gasteiger partial charge in [0.05, 0.1) is 7.11 Å². The van der Waals surface area contributed by atoms with Gasteiger partial charge in [-0.1, -0.05) is 6.92 Å². The molecule has 19 heavy (non-hydrogen) atoms. The third-order valence-electron chi connectivity index (χ3n) is 2.77. The fourth-order valence-corrected chi connectivity index (χ4v) is 1.51. The van der Waals surface area contributed by atoms with Gasteiger partial charge in [0.25, 0.3) is 0 Å². The van der Waals surface area contributed by atoms with Crippen LogP contribution in [0, 0.1) is 0 Å². The first-order valence-electron chi connectivity index (χ1n) is 5.90. The highest BCUT2D eigenvalue weighted by molar-refractivity contribution is 5.94. The first-order valence-corrected chi connectivity index (χ1v) is 5.90. The first-order chi connectivity index (χ1) is 8.99. The van der Waals surface area contributed by atoms with Crippen molar-refractivity contribution in [2.45, 2.75) is 19.4 Å². The van der Waals surface area contributed by atoms with Gasteiger partial charge in [-0.3, -0.25) is 4.90 Å². The van der Waals surface area contributed by atoms with Gasteiger partial charge >= 0.3 is 12.0 Å². The van der Waals surface area contributed by atoms with Crippen LogP contribution in [-0.2, 0) is 4.79 Å². The van der Waals surface area contributed by atoms with Gasteiger partial charge in [0, 0.05) is 12.7 Å². The molecule has 1 rings (SSSR count). The smallest absolute Gasteiger partial charge is 0.326 e. The maximum absolute atomic E-state index is 11.9. The lowest BCUT2D eigenvalue weighted by atomic mass is 10.2. The minimum Gasteiger partial charge on any atom is -0.497 e. The zero-order chi connectivity index (χ0) is 14.4. The molecule has 0 saturated carbocycles. The number of nitrogens with one attached hydrogen (secondary N) is 1. The van der Waals surface area contributed by atoms with Crippen molar-refractivity contribution in [2.75, 3.05) is 19.1 Å². The summed E-state index contributed by atoms with van der Waals surface area (Å²) in [6.07, 6.45) is 0.331. The summed E-state index contributed by atoms with van der Waals surface area (Å²) in [7, 11) is 3.13. The number of hydrogen-bond acceptors (Lipinski definition) is 3. The molecule has 0 bridgehead atoms. The molecule has 6 nitrogen and oxygen atoms in total. The van der Waals surface area contributed by atoms with E-state index in [9.17, 15) is 9.59 Å². The van der Waals surface area contributed by atoms with Crippen LogP contribution >= 0.6 is 0 Å². The molecule has 1 atom stereocenters. The number of carbonyl (C=O) groups is 2. The zero-order valence-corrected chi connectivity index (χ0v) is 11.2. The van der Waals surface area contributed by atoms with Gasteiger partial charge in [-0.2, -0.15) is 0 Å². The lowest BCUT2D eigenvalue weighted by Gasteiger charge is -2.21. The Morgan fingerprint density at radius 2 is 1.95 bits per heavy atom. The van der Waals surface area contributed by atoms with Crippen LogP contribution in [0.3, 0.4) is 0 Å². The molecule has 0 heterocycles. The Labute approximate surface area is 112 Å². The molecular weight excluding hydrogens is 248 g/mol. The van der Waals surface area contributed by atoms with Crippen LogP contribution in [0.15, 0.2) is 24.3 Å². The Kier molecular flexibility index (Phi) is 5.17. The standard InChI is InChI=1S/C13H18N2O4/c1-4-11(12(16)17)14-13(18)15(2)9-5-7-10(19-3)8-6-9/h5-8,11H,4H2,1-3H3,(H,14,18)(H,16,17)/t11-/m0/s1. The molecule has 0 unspecified atom stereocenters. The van der Waals surface area contributed by atoms with E-state index in [2.05, 4.69) is 5.32 Å². The summed E-state index contributed by atoms with van der Waals surface area (Å²) < 4.78 is 5.03. The van der Waals surface area contributed by atoms with E-state index >= 15 is 0 Å². The van der Waals surface area contributed by atoms with Gasteiger partial charge in [0.1, 0.15) is 11.8 Å². The summed E-state index contributed by atoms with van der Waals surface area (Å²) in [4.78, 5) is 24.1. The van der Waals surface area contributed by atoms with Crippen LogP contribution in [0.5, 0.6) is 5.75 Å². The predicted octanol–water partition coefficient (Wildman–Crippen LogP) is 1.70. The Morgan fingerprint density at radius 3 is 2.37 bits per heavy atom. The zero-order valence-electron chi connectivity index (χ0n) is 11.2. The summed E-state index contributed by atoms with van der Waals surface area (Å²) in [6, 6.07) is 5.56. The lowest BCUT2D eigenvalue weighted by molar-refractivity contribution is -0.139. The van der Waals surface area contributed by atoms with Crippen molar-refractivity contribution < 1.29 is 19.4 Å². The van der Waals surface area contributed by atoms with Crippen molar-refractivity contribution in [3.63, 3.8) is 0 Å². The predicted molar refractivity (Wildman–Crippen MR) is 71.6 cm³/mol. The van der Waals surface area contributed by atoms with Gasteiger partial charge in [-0.05, 0) is 30.7 Å². The molecule has 0 fully saturated rings. The van der Waals surface area contributed by atoms with Crippen LogP contribution in [0.25, 0.3) is 0 Å². The summed E-state index contributed by atoms with van der Waals surface area (Å²) >= 11 is 0. The molecule has 1 aromatic rings. The van der Waals surface area contributed by atoms with Crippen LogP contribution in [0.4, 0.5) is 10.5 Å². The summed E-state index contributed by atoms with van der Waals surface area (Å²) in [5.74, 6) is -0.353. The fraction of sp³-hybridized carbons (Fsp3) is 0.385. The Morgan fingerprint density at radius 1 is 1.37 bits per heavy atom. The number of carboxylic acids is 1. The molecule has 0 saturated heterocycles. The van der Waals surface area contributed by atoms with E-state index in [1.807, 2.05) is 0 Å². The largest absolute Gasteiger partial charge is 0.497 e. The number of rotatable bonds is 5. The summed E-state index contributed by atoms with van der Waals surface area (Å²) in [5.41, 5.74) is 0.651. The van der Waals surface area contributed by atoms with E-state index in [0.29, 0.717) is 17.9 Å². The van der Waals surface area contributed by atoms with Gasteiger partial charge < -0.3 is 15.2 Å². The molecule has 2 amide bonds. The monoisotopic (exact) mass is 266 g/mol. The van der Waals surface area contributed by atoms with Crippen LogP contribution in [0.1, 0.15) is 13.3 Å². The molecule has 0 aliphatic heterocycles. The lowest BCUT2D eigenvalue weighted by Crippen LogP contribution is -2.46. The summed E-state index contributed by atoms with van der Waals surface area (Å²) in [5, 5.41) is 11.3. The summed E-state index contributed by atoms with van der Waals surface area (Å²) in [6.45, 7) is 1.70. The molecule has 0 radical (unpaired) electrons. The maximum Gasteiger partial charge on any atom is 0.326 e. The van der Waals surface area contributed by atoms with Crippen molar-refractivity contribution in [1.82, 2.24) is 5.32 Å². The highest BCUT2D eigenvalue weighted by Crippen LogP contribution is 2.18. The van der Waals surface area contributed by atoms with Gasteiger partial charge in [-0.25, -0.2) is 9.59 Å². The third-order valence-corrected chi connectivity index (χ3v) is 2.77. The second-order valence-electron chi connectivity index (χ2n) is 4.01. The molecule has 104 valence electrons. The second-order valence-corrected chi connectivity index (χ2v) is 4.01. The molecule has 0 aliphatic carbocycles. The van der Waals surface area contributed by atoms with E-state index in [-0.39, 0.29) is 0 Å². The van der Waals surface area contributed by atoms with Crippen LogP contribution in [-0.4, -0.2) is 37.3 Å². The number of carboxylic acid groups (broad SMARTS) is 1. The molecule has 1 aromatic carbocycles. The first kappa shape index (κ1) is 14.8.